The normalized spacial score (nSPS) is 13.6. The van der Waals surface area contributed by atoms with Crippen molar-refractivity contribution < 1.29 is 9.90 Å². The Balaban J connectivity index is 2.01. The van der Waals surface area contributed by atoms with Gasteiger partial charge in [0.25, 0.3) is 0 Å². The van der Waals surface area contributed by atoms with Crippen LogP contribution in [0.15, 0.2) is 24.7 Å². The number of aromatic carboxylic acids is 1. The predicted molar refractivity (Wildman–Crippen MR) is 80.4 cm³/mol. The van der Waals surface area contributed by atoms with E-state index < -0.39 is 5.97 Å². The lowest BCUT2D eigenvalue weighted by Gasteiger charge is -2.21. The first-order valence-electron chi connectivity index (χ1n) is 6.77. The van der Waals surface area contributed by atoms with Crippen LogP contribution in [0.3, 0.4) is 0 Å². The third-order valence-corrected chi connectivity index (χ3v) is 3.79. The maximum atomic E-state index is 11.3. The summed E-state index contributed by atoms with van der Waals surface area (Å²) in [4.78, 5) is 19.4. The Hall–Kier alpha value is -2.14. The van der Waals surface area contributed by atoms with Crippen molar-refractivity contribution in [3.63, 3.8) is 0 Å². The molecule has 21 heavy (non-hydrogen) atoms. The zero-order chi connectivity index (χ0) is 14.8. The SMILES string of the molecule is O=C(O)c1ncc(Nc2cncc(Cl)c2)c2c1CCCC2. The molecule has 0 atom stereocenters. The molecule has 0 radical (unpaired) electrons. The van der Waals surface area contributed by atoms with Crippen LogP contribution in [0.4, 0.5) is 11.4 Å². The van der Waals surface area contributed by atoms with Crippen LogP contribution in [-0.2, 0) is 12.8 Å². The van der Waals surface area contributed by atoms with Gasteiger partial charge in [0, 0.05) is 6.20 Å². The number of halogens is 1. The molecule has 0 saturated heterocycles. The highest BCUT2D eigenvalue weighted by molar-refractivity contribution is 6.30. The minimum Gasteiger partial charge on any atom is -0.477 e. The number of aromatic nitrogens is 2. The van der Waals surface area contributed by atoms with E-state index in [1.807, 2.05) is 0 Å². The maximum Gasteiger partial charge on any atom is 0.354 e. The van der Waals surface area contributed by atoms with Crippen LogP contribution in [0.1, 0.15) is 34.5 Å². The maximum absolute atomic E-state index is 11.3. The number of carbonyl (C=O) groups is 1. The van der Waals surface area contributed by atoms with Gasteiger partial charge in [-0.1, -0.05) is 11.6 Å². The van der Waals surface area contributed by atoms with E-state index >= 15 is 0 Å². The van der Waals surface area contributed by atoms with Gasteiger partial charge in [-0.05, 0) is 42.9 Å². The Labute approximate surface area is 127 Å². The Morgan fingerprint density at radius 1 is 1.19 bits per heavy atom. The molecule has 3 rings (SSSR count). The van der Waals surface area contributed by atoms with Gasteiger partial charge in [0.1, 0.15) is 0 Å². The van der Waals surface area contributed by atoms with Gasteiger partial charge in [-0.3, -0.25) is 4.98 Å². The fourth-order valence-corrected chi connectivity index (χ4v) is 2.85. The van der Waals surface area contributed by atoms with Crippen molar-refractivity contribution in [3.8, 4) is 0 Å². The van der Waals surface area contributed by atoms with Crippen LogP contribution in [-0.4, -0.2) is 21.0 Å². The number of nitrogens with zero attached hydrogens (tertiary/aromatic N) is 2. The fraction of sp³-hybridized carbons (Fsp3) is 0.267. The minimum absolute atomic E-state index is 0.166. The van der Waals surface area contributed by atoms with E-state index in [9.17, 15) is 9.90 Å². The first-order valence-corrected chi connectivity index (χ1v) is 7.14. The van der Waals surface area contributed by atoms with E-state index in [2.05, 4.69) is 15.3 Å². The van der Waals surface area contributed by atoms with E-state index in [1.165, 1.54) is 0 Å². The molecule has 2 aromatic rings. The second-order valence-corrected chi connectivity index (χ2v) is 5.44. The third kappa shape index (κ3) is 2.83. The number of nitrogens with one attached hydrogen (secondary N) is 1. The van der Waals surface area contributed by atoms with Crippen LogP contribution in [0.2, 0.25) is 5.02 Å². The molecule has 0 aliphatic heterocycles. The highest BCUT2D eigenvalue weighted by Crippen LogP contribution is 2.31. The van der Waals surface area contributed by atoms with Crippen molar-refractivity contribution in [2.45, 2.75) is 25.7 Å². The average molecular weight is 304 g/mol. The summed E-state index contributed by atoms with van der Waals surface area (Å²) in [5.41, 5.74) is 3.64. The van der Waals surface area contributed by atoms with Crippen LogP contribution < -0.4 is 5.32 Å². The molecule has 1 aliphatic carbocycles. The molecule has 0 unspecified atom stereocenters. The van der Waals surface area contributed by atoms with E-state index in [-0.39, 0.29) is 5.69 Å². The van der Waals surface area contributed by atoms with E-state index in [0.29, 0.717) is 5.02 Å². The Morgan fingerprint density at radius 3 is 2.67 bits per heavy atom. The molecule has 0 fully saturated rings. The number of anilines is 2. The van der Waals surface area contributed by atoms with Crippen LogP contribution in [0, 0.1) is 0 Å². The number of hydrogen-bond donors (Lipinski definition) is 2. The standard InChI is InChI=1S/C15H14ClN3O2/c16-9-5-10(7-17-6-9)19-13-8-18-14(15(20)21)12-4-2-1-3-11(12)13/h5-8,19H,1-4H2,(H,20,21). The molecule has 2 N–H and O–H groups in total. The largest absolute Gasteiger partial charge is 0.477 e. The topological polar surface area (TPSA) is 75.1 Å². The lowest BCUT2D eigenvalue weighted by atomic mass is 9.89. The summed E-state index contributed by atoms with van der Waals surface area (Å²) in [5, 5.41) is 13.0. The summed E-state index contributed by atoms with van der Waals surface area (Å²) in [5.74, 6) is -0.968. The molecule has 1 aliphatic rings. The van der Waals surface area contributed by atoms with Gasteiger partial charge in [0.2, 0.25) is 0 Å². The number of rotatable bonds is 3. The molecular weight excluding hydrogens is 290 g/mol. The zero-order valence-electron chi connectivity index (χ0n) is 11.3. The lowest BCUT2D eigenvalue weighted by molar-refractivity contribution is 0.0689. The molecular formula is C15H14ClN3O2. The number of hydrogen-bond acceptors (Lipinski definition) is 4. The fourth-order valence-electron chi connectivity index (χ4n) is 2.68. The van der Waals surface area contributed by atoms with Gasteiger partial charge < -0.3 is 10.4 Å². The molecule has 0 bridgehead atoms. The highest BCUT2D eigenvalue weighted by atomic mass is 35.5. The summed E-state index contributed by atoms with van der Waals surface area (Å²) in [6, 6.07) is 1.77. The van der Waals surface area contributed by atoms with E-state index in [4.69, 9.17) is 11.6 Å². The lowest BCUT2D eigenvalue weighted by Crippen LogP contribution is -2.14. The summed E-state index contributed by atoms with van der Waals surface area (Å²) >= 11 is 5.93. The van der Waals surface area contributed by atoms with Crippen LogP contribution >= 0.6 is 11.6 Å². The second kappa shape index (κ2) is 5.69. The van der Waals surface area contributed by atoms with Crippen LogP contribution in [0.25, 0.3) is 0 Å². The van der Waals surface area contributed by atoms with Crippen molar-refractivity contribution in [2.75, 3.05) is 5.32 Å². The number of carboxylic acids is 1. The van der Waals surface area contributed by atoms with Gasteiger partial charge in [-0.25, -0.2) is 9.78 Å². The molecule has 108 valence electrons. The molecule has 0 saturated carbocycles. The minimum atomic E-state index is -0.968. The Kier molecular flexibility index (Phi) is 3.75. The first-order chi connectivity index (χ1) is 10.1. The monoisotopic (exact) mass is 303 g/mol. The summed E-state index contributed by atoms with van der Waals surface area (Å²) in [7, 11) is 0. The van der Waals surface area contributed by atoms with Gasteiger partial charge in [0.05, 0.1) is 28.8 Å². The number of carboxylic acid groups (broad SMARTS) is 1. The Morgan fingerprint density at radius 2 is 1.95 bits per heavy atom. The molecule has 5 nitrogen and oxygen atoms in total. The van der Waals surface area contributed by atoms with Gasteiger partial charge >= 0.3 is 5.97 Å². The van der Waals surface area contributed by atoms with E-state index in [0.717, 1.165) is 48.2 Å². The highest BCUT2D eigenvalue weighted by Gasteiger charge is 2.21. The van der Waals surface area contributed by atoms with Gasteiger partial charge in [0.15, 0.2) is 5.69 Å². The molecule has 2 aromatic heterocycles. The number of pyridine rings is 2. The smallest absolute Gasteiger partial charge is 0.354 e. The molecule has 2 heterocycles. The van der Waals surface area contributed by atoms with Crippen LogP contribution in [0.5, 0.6) is 0 Å². The average Bonchev–Trinajstić information content (AvgIpc) is 2.47. The van der Waals surface area contributed by atoms with Crippen molar-refractivity contribution in [3.05, 3.63) is 46.5 Å². The summed E-state index contributed by atoms with van der Waals surface area (Å²) < 4.78 is 0. The molecule has 0 amide bonds. The molecule has 6 heteroatoms. The number of fused-ring (bicyclic) bond motifs is 1. The Bertz CT molecular complexity index is 703. The van der Waals surface area contributed by atoms with Crippen molar-refractivity contribution >= 4 is 28.9 Å². The summed E-state index contributed by atoms with van der Waals surface area (Å²) in [6.07, 6.45) is 8.48. The predicted octanol–water partition coefficient (Wildman–Crippen LogP) is 3.45. The molecule has 0 spiro atoms. The van der Waals surface area contributed by atoms with Crippen molar-refractivity contribution in [1.82, 2.24) is 9.97 Å². The first kappa shape index (κ1) is 13.8. The third-order valence-electron chi connectivity index (χ3n) is 3.59. The second-order valence-electron chi connectivity index (χ2n) is 5.01. The summed E-state index contributed by atoms with van der Waals surface area (Å²) in [6.45, 7) is 0. The van der Waals surface area contributed by atoms with Crippen molar-refractivity contribution in [1.29, 1.82) is 0 Å². The van der Waals surface area contributed by atoms with Gasteiger partial charge in [-0.2, -0.15) is 0 Å². The zero-order valence-corrected chi connectivity index (χ0v) is 12.0. The molecule has 0 aromatic carbocycles. The van der Waals surface area contributed by atoms with E-state index in [1.54, 1.807) is 24.7 Å². The van der Waals surface area contributed by atoms with Crippen molar-refractivity contribution in [2.24, 2.45) is 0 Å². The quantitative estimate of drug-likeness (QED) is 0.908. The van der Waals surface area contributed by atoms with Gasteiger partial charge in [-0.15, -0.1) is 0 Å².